The Kier molecular flexibility index (Phi) is 9.61. The van der Waals surface area contributed by atoms with E-state index in [4.69, 9.17) is 0 Å². The maximum Gasteiger partial charge on any atom is 0.0725 e. The minimum atomic E-state index is -0.189. The van der Waals surface area contributed by atoms with Crippen molar-refractivity contribution < 1.29 is 0 Å². The monoisotopic (exact) mass is 748 g/mol. The van der Waals surface area contributed by atoms with E-state index in [1.807, 2.05) is 6.07 Å². The Morgan fingerprint density at radius 1 is 0.397 bits per heavy atom. The van der Waals surface area contributed by atoms with Gasteiger partial charge in [-0.05, 0) is 115 Å². The summed E-state index contributed by atoms with van der Waals surface area (Å²) in [5.41, 5.74) is 23.6. The molecule has 3 aliphatic rings. The molecule has 0 radical (unpaired) electrons. The molecule has 0 amide bonds. The fraction of sp³-hybridized carbons (Fsp3) is 0.172. The van der Waals surface area contributed by atoms with Gasteiger partial charge in [0.15, 0.2) is 0 Å². The van der Waals surface area contributed by atoms with E-state index in [2.05, 4.69) is 224 Å². The second-order valence-corrected chi connectivity index (χ2v) is 16.9. The van der Waals surface area contributed by atoms with Crippen LogP contribution in [0.5, 0.6) is 0 Å². The average Bonchev–Trinajstić information content (AvgIpc) is 3.82. The Hall–Kier alpha value is -6.24. The lowest BCUT2D eigenvalue weighted by molar-refractivity contribution is 0.655. The maximum atomic E-state index is 2.43. The van der Waals surface area contributed by atoms with Gasteiger partial charge < -0.3 is 0 Å². The molecule has 0 aromatic heterocycles. The van der Waals surface area contributed by atoms with E-state index in [0.29, 0.717) is 5.92 Å². The molecule has 1 spiro atoms. The number of hydrogen-bond donors (Lipinski definition) is 0. The summed E-state index contributed by atoms with van der Waals surface area (Å²) >= 11 is 0. The van der Waals surface area contributed by atoms with Crippen LogP contribution in [0, 0.1) is 13.8 Å². The smallest absolute Gasteiger partial charge is 0.0648 e. The fourth-order valence-corrected chi connectivity index (χ4v) is 9.99. The van der Waals surface area contributed by atoms with Crippen molar-refractivity contribution >= 4 is 0 Å². The normalized spacial score (nSPS) is 14.3. The molecule has 0 heteroatoms. The van der Waals surface area contributed by atoms with Crippen LogP contribution in [0.2, 0.25) is 0 Å². The van der Waals surface area contributed by atoms with Gasteiger partial charge >= 0.3 is 0 Å². The zero-order chi connectivity index (χ0) is 40.0. The van der Waals surface area contributed by atoms with Gasteiger partial charge in [-0.15, -0.1) is 0 Å². The number of hydrogen-bond acceptors (Lipinski definition) is 0. The first kappa shape index (κ1) is 37.3. The molecule has 0 aliphatic heterocycles. The van der Waals surface area contributed by atoms with Crippen molar-refractivity contribution in [3.63, 3.8) is 0 Å². The van der Waals surface area contributed by atoms with Crippen molar-refractivity contribution in [3.8, 4) is 44.5 Å². The Morgan fingerprint density at radius 3 is 1.38 bits per heavy atom. The van der Waals surface area contributed by atoms with Crippen molar-refractivity contribution in [3.05, 3.63) is 238 Å². The van der Waals surface area contributed by atoms with E-state index in [1.54, 1.807) is 0 Å². The Bertz CT molecular complexity index is 2720. The molecule has 0 saturated carbocycles. The molecule has 0 bridgehead atoms. The summed E-state index contributed by atoms with van der Waals surface area (Å²) in [4.78, 5) is 0. The fourth-order valence-electron chi connectivity index (χ4n) is 9.99. The Labute approximate surface area is 345 Å². The molecule has 11 rings (SSSR count). The van der Waals surface area contributed by atoms with Crippen LogP contribution in [-0.2, 0) is 10.8 Å². The van der Waals surface area contributed by atoms with Crippen LogP contribution in [0.4, 0.5) is 0 Å². The average molecular weight is 749 g/mol. The van der Waals surface area contributed by atoms with E-state index in [-0.39, 0.29) is 10.8 Å². The van der Waals surface area contributed by atoms with Crippen LogP contribution < -0.4 is 0 Å². The number of benzene rings is 8. The number of rotatable bonds is 3. The first-order valence-corrected chi connectivity index (χ1v) is 21.0. The molecule has 3 aliphatic carbocycles. The standard InChI is InChI=1S/C26H18.C19H22.C13H12/c1-17-14-15-21-20-10-4-7-13-24(20)26(25(21)16-17)22-11-5-2-8-18(22)19-9-3-6-12-23(19)26;1-5-13(2)14-10-11-16-15-8-6-7-9-17(15)19(3,4)18(16)12-14;1-11-7-5-6-10-13(11)12-8-3-2-4-9-12/h2-16H,1H3;6-13H,5H2,1-4H3;2-10H,1H3. The summed E-state index contributed by atoms with van der Waals surface area (Å²) in [5, 5.41) is 0. The highest BCUT2D eigenvalue weighted by Gasteiger charge is 2.51. The molecular formula is C58H52. The lowest BCUT2D eigenvalue weighted by Gasteiger charge is -2.30. The predicted molar refractivity (Wildman–Crippen MR) is 247 cm³/mol. The molecular weight excluding hydrogens is 697 g/mol. The molecule has 8 aromatic carbocycles. The van der Waals surface area contributed by atoms with E-state index in [0.717, 1.165) is 0 Å². The van der Waals surface area contributed by atoms with Gasteiger partial charge in [-0.25, -0.2) is 0 Å². The summed E-state index contributed by atoms with van der Waals surface area (Å²) in [6.45, 7) is 13.6. The molecule has 58 heavy (non-hydrogen) atoms. The van der Waals surface area contributed by atoms with Gasteiger partial charge in [-0.3, -0.25) is 0 Å². The highest BCUT2D eigenvalue weighted by molar-refractivity contribution is 5.95. The summed E-state index contributed by atoms with van der Waals surface area (Å²) < 4.78 is 0. The molecule has 1 atom stereocenters. The summed E-state index contributed by atoms with van der Waals surface area (Å²) in [6, 6.07) is 68.6. The molecule has 0 fully saturated rings. The summed E-state index contributed by atoms with van der Waals surface area (Å²) in [6.07, 6.45) is 1.20. The minimum Gasteiger partial charge on any atom is -0.0648 e. The van der Waals surface area contributed by atoms with Gasteiger partial charge in [-0.1, -0.05) is 221 Å². The highest BCUT2D eigenvalue weighted by atomic mass is 14.5. The zero-order valence-corrected chi connectivity index (χ0v) is 34.7. The van der Waals surface area contributed by atoms with E-state index in [9.17, 15) is 0 Å². The third-order valence-electron chi connectivity index (χ3n) is 13.2. The van der Waals surface area contributed by atoms with Crippen LogP contribution in [0.25, 0.3) is 44.5 Å². The molecule has 0 nitrogen and oxygen atoms in total. The maximum absolute atomic E-state index is 2.43. The van der Waals surface area contributed by atoms with Crippen LogP contribution in [0.1, 0.15) is 90.1 Å². The van der Waals surface area contributed by atoms with E-state index >= 15 is 0 Å². The molecule has 284 valence electrons. The van der Waals surface area contributed by atoms with Gasteiger partial charge in [0.05, 0.1) is 5.41 Å². The SMILES string of the molecule is CCC(C)c1ccc2c(c1)C(C)(C)c1ccccc1-2.Cc1ccc2c(c1)C1(c3ccccc3-c3ccccc31)c1ccccc1-2.Cc1ccccc1-c1ccccc1. The summed E-state index contributed by atoms with van der Waals surface area (Å²) in [7, 11) is 0. The van der Waals surface area contributed by atoms with Crippen LogP contribution in [0.3, 0.4) is 0 Å². The Morgan fingerprint density at radius 2 is 0.828 bits per heavy atom. The van der Waals surface area contributed by atoms with Crippen molar-refractivity contribution in [1.82, 2.24) is 0 Å². The van der Waals surface area contributed by atoms with Crippen LogP contribution in [0.15, 0.2) is 188 Å². The second kappa shape index (κ2) is 14.9. The van der Waals surface area contributed by atoms with Gasteiger partial charge in [0.2, 0.25) is 0 Å². The third kappa shape index (κ3) is 5.97. The zero-order valence-electron chi connectivity index (χ0n) is 34.7. The van der Waals surface area contributed by atoms with E-state index < -0.39 is 0 Å². The highest BCUT2D eigenvalue weighted by Crippen LogP contribution is 2.62. The minimum absolute atomic E-state index is 0.134. The van der Waals surface area contributed by atoms with Crippen molar-refractivity contribution in [2.24, 2.45) is 0 Å². The molecule has 1 unspecified atom stereocenters. The Balaban J connectivity index is 0.000000120. The number of fused-ring (bicyclic) bond motifs is 13. The van der Waals surface area contributed by atoms with Gasteiger partial charge in [0.25, 0.3) is 0 Å². The quantitative estimate of drug-likeness (QED) is 0.169. The predicted octanol–water partition coefficient (Wildman–Crippen LogP) is 15.5. The van der Waals surface area contributed by atoms with Crippen LogP contribution in [-0.4, -0.2) is 0 Å². The first-order valence-electron chi connectivity index (χ1n) is 21.0. The number of aryl methyl sites for hydroxylation is 2. The van der Waals surface area contributed by atoms with E-state index in [1.165, 1.54) is 101 Å². The van der Waals surface area contributed by atoms with Gasteiger partial charge in [0.1, 0.15) is 0 Å². The van der Waals surface area contributed by atoms with Gasteiger partial charge in [0, 0.05) is 5.41 Å². The topological polar surface area (TPSA) is 0 Å². The molecule has 0 heterocycles. The lowest BCUT2D eigenvalue weighted by Crippen LogP contribution is -2.25. The molecule has 8 aromatic rings. The largest absolute Gasteiger partial charge is 0.0725 e. The molecule has 0 N–H and O–H groups in total. The van der Waals surface area contributed by atoms with Gasteiger partial charge in [-0.2, -0.15) is 0 Å². The van der Waals surface area contributed by atoms with Crippen LogP contribution >= 0.6 is 0 Å². The molecule has 0 saturated heterocycles. The second-order valence-electron chi connectivity index (χ2n) is 16.9. The van der Waals surface area contributed by atoms with Crippen molar-refractivity contribution in [2.45, 2.75) is 64.7 Å². The van der Waals surface area contributed by atoms with Crippen molar-refractivity contribution in [2.75, 3.05) is 0 Å². The van der Waals surface area contributed by atoms with Crippen molar-refractivity contribution in [1.29, 1.82) is 0 Å². The summed E-state index contributed by atoms with van der Waals surface area (Å²) in [5.74, 6) is 0.643. The first-order chi connectivity index (χ1) is 28.2. The third-order valence-corrected chi connectivity index (χ3v) is 13.2. The lowest BCUT2D eigenvalue weighted by atomic mass is 9.70.